The van der Waals surface area contributed by atoms with Crippen molar-refractivity contribution in [3.8, 4) is 11.5 Å². The maximum absolute atomic E-state index is 12.7. The number of ether oxygens (including phenoxy) is 2. The molecule has 0 radical (unpaired) electrons. The molecule has 0 saturated carbocycles. The number of carbonyl (C=O) groups excluding carboxylic acids is 1. The quantitative estimate of drug-likeness (QED) is 0.386. The highest BCUT2D eigenvalue weighted by molar-refractivity contribution is 7.89. The Hall–Kier alpha value is -3.16. The normalized spacial score (nSPS) is 14.6. The lowest BCUT2D eigenvalue weighted by atomic mass is 10.2. The third kappa shape index (κ3) is 5.36. The summed E-state index contributed by atoms with van der Waals surface area (Å²) in [6.45, 7) is 1.53. The second-order valence-corrected chi connectivity index (χ2v) is 9.56. The SMILES string of the molecule is O=C(Oc1ccc(OCc2ccccc2)cc1)c1ccc(S(=O)(=O)N2CCCCC2)cc1. The smallest absolute Gasteiger partial charge is 0.343 e. The molecule has 0 bridgehead atoms. The van der Waals surface area contributed by atoms with Crippen molar-refractivity contribution in [1.29, 1.82) is 0 Å². The molecule has 0 N–H and O–H groups in total. The van der Waals surface area contributed by atoms with Crippen LogP contribution in [0, 0.1) is 0 Å². The molecule has 3 aromatic rings. The first-order valence-electron chi connectivity index (χ1n) is 10.6. The van der Waals surface area contributed by atoms with Crippen LogP contribution in [0.4, 0.5) is 0 Å². The summed E-state index contributed by atoms with van der Waals surface area (Å²) >= 11 is 0. The Morgan fingerprint density at radius 3 is 2.06 bits per heavy atom. The number of rotatable bonds is 7. The average molecular weight is 452 g/mol. The van der Waals surface area contributed by atoms with Gasteiger partial charge in [0.25, 0.3) is 0 Å². The van der Waals surface area contributed by atoms with Gasteiger partial charge in [0, 0.05) is 13.1 Å². The molecule has 1 saturated heterocycles. The summed E-state index contributed by atoms with van der Waals surface area (Å²) in [6, 6.07) is 22.5. The minimum absolute atomic E-state index is 0.191. The molecule has 0 aliphatic carbocycles. The summed E-state index contributed by atoms with van der Waals surface area (Å²) in [5.41, 5.74) is 1.35. The molecule has 32 heavy (non-hydrogen) atoms. The fourth-order valence-corrected chi connectivity index (χ4v) is 5.05. The molecule has 0 unspecified atom stereocenters. The number of esters is 1. The minimum Gasteiger partial charge on any atom is -0.489 e. The topological polar surface area (TPSA) is 72.9 Å². The van der Waals surface area contributed by atoms with Crippen LogP contribution >= 0.6 is 0 Å². The molecule has 0 aromatic heterocycles. The van der Waals surface area contributed by atoms with Crippen LogP contribution in [0.3, 0.4) is 0 Å². The van der Waals surface area contributed by atoms with Gasteiger partial charge in [-0.3, -0.25) is 0 Å². The van der Waals surface area contributed by atoms with Crippen molar-refractivity contribution in [2.75, 3.05) is 13.1 Å². The Bertz CT molecular complexity index is 1140. The fraction of sp³-hybridized carbons (Fsp3) is 0.240. The van der Waals surface area contributed by atoms with Gasteiger partial charge in [0.05, 0.1) is 10.5 Å². The van der Waals surface area contributed by atoms with Crippen molar-refractivity contribution in [2.24, 2.45) is 0 Å². The number of piperidine rings is 1. The van der Waals surface area contributed by atoms with E-state index in [0.29, 0.717) is 31.2 Å². The summed E-state index contributed by atoms with van der Waals surface area (Å²) in [4.78, 5) is 12.6. The molecule has 3 aromatic carbocycles. The Morgan fingerprint density at radius 1 is 0.781 bits per heavy atom. The van der Waals surface area contributed by atoms with Crippen LogP contribution in [0.5, 0.6) is 11.5 Å². The Labute approximate surface area is 188 Å². The Kier molecular flexibility index (Phi) is 6.87. The lowest BCUT2D eigenvalue weighted by Crippen LogP contribution is -2.35. The van der Waals surface area contributed by atoms with E-state index in [1.54, 1.807) is 24.3 Å². The summed E-state index contributed by atoms with van der Waals surface area (Å²) in [6.07, 6.45) is 2.80. The maximum atomic E-state index is 12.7. The zero-order chi connectivity index (χ0) is 22.4. The van der Waals surface area contributed by atoms with Gasteiger partial charge in [-0.2, -0.15) is 4.31 Å². The fourth-order valence-electron chi connectivity index (χ4n) is 3.53. The van der Waals surface area contributed by atoms with E-state index in [0.717, 1.165) is 24.8 Å². The molecular weight excluding hydrogens is 426 g/mol. The van der Waals surface area contributed by atoms with Crippen molar-refractivity contribution in [2.45, 2.75) is 30.8 Å². The molecule has 0 atom stereocenters. The van der Waals surface area contributed by atoms with E-state index in [9.17, 15) is 13.2 Å². The number of carbonyl (C=O) groups is 1. The summed E-state index contributed by atoms with van der Waals surface area (Å²) in [7, 11) is -3.53. The van der Waals surface area contributed by atoms with Crippen LogP contribution in [0.15, 0.2) is 83.8 Å². The summed E-state index contributed by atoms with van der Waals surface area (Å²) in [5, 5.41) is 0. The molecule has 1 aliphatic rings. The number of sulfonamides is 1. The third-order valence-corrected chi connectivity index (χ3v) is 7.24. The van der Waals surface area contributed by atoms with Gasteiger partial charge in [-0.1, -0.05) is 36.8 Å². The van der Waals surface area contributed by atoms with Crippen LogP contribution in [0.2, 0.25) is 0 Å². The van der Waals surface area contributed by atoms with Crippen molar-refractivity contribution >= 4 is 16.0 Å². The number of hydrogen-bond donors (Lipinski definition) is 0. The molecule has 1 aliphatic heterocycles. The van der Waals surface area contributed by atoms with E-state index < -0.39 is 16.0 Å². The summed E-state index contributed by atoms with van der Waals surface area (Å²) in [5.74, 6) is 0.498. The molecule has 4 rings (SSSR count). The predicted molar refractivity (Wildman–Crippen MR) is 121 cm³/mol. The van der Waals surface area contributed by atoms with E-state index in [-0.39, 0.29) is 10.5 Å². The van der Waals surface area contributed by atoms with E-state index in [2.05, 4.69) is 0 Å². The first-order chi connectivity index (χ1) is 15.5. The first-order valence-corrected chi connectivity index (χ1v) is 12.1. The molecule has 7 heteroatoms. The second-order valence-electron chi connectivity index (χ2n) is 7.62. The zero-order valence-electron chi connectivity index (χ0n) is 17.6. The highest BCUT2D eigenvalue weighted by atomic mass is 32.2. The predicted octanol–water partition coefficient (Wildman–Crippen LogP) is 4.66. The lowest BCUT2D eigenvalue weighted by Gasteiger charge is -2.25. The second kappa shape index (κ2) is 9.97. The van der Waals surface area contributed by atoms with Crippen LogP contribution < -0.4 is 9.47 Å². The highest BCUT2D eigenvalue weighted by Gasteiger charge is 2.26. The summed E-state index contributed by atoms with van der Waals surface area (Å²) < 4.78 is 38.1. The van der Waals surface area contributed by atoms with Crippen LogP contribution in [0.25, 0.3) is 0 Å². The molecular formula is C25H25NO5S. The standard InChI is InChI=1S/C25H25NO5S/c27-25(21-9-15-24(16-10-21)32(28,29)26-17-5-2-6-18-26)31-23-13-11-22(12-14-23)30-19-20-7-3-1-4-8-20/h1,3-4,7-16H,2,5-6,17-19H2. The molecule has 0 spiro atoms. The van der Waals surface area contributed by atoms with Crippen molar-refractivity contribution < 1.29 is 22.7 Å². The van der Waals surface area contributed by atoms with Gasteiger partial charge in [0.2, 0.25) is 10.0 Å². The van der Waals surface area contributed by atoms with Gasteiger partial charge >= 0.3 is 5.97 Å². The van der Waals surface area contributed by atoms with E-state index >= 15 is 0 Å². The van der Waals surface area contributed by atoms with Crippen LogP contribution in [0.1, 0.15) is 35.2 Å². The molecule has 1 heterocycles. The monoisotopic (exact) mass is 451 g/mol. The molecule has 1 fully saturated rings. The first kappa shape index (κ1) is 22.0. The maximum Gasteiger partial charge on any atom is 0.343 e. The van der Waals surface area contributed by atoms with Crippen molar-refractivity contribution in [3.05, 3.63) is 90.0 Å². The third-order valence-electron chi connectivity index (χ3n) is 5.33. The Balaban J connectivity index is 1.35. The van der Waals surface area contributed by atoms with Crippen molar-refractivity contribution in [3.63, 3.8) is 0 Å². The van der Waals surface area contributed by atoms with Gasteiger partial charge in [0.1, 0.15) is 18.1 Å². The minimum atomic E-state index is -3.53. The lowest BCUT2D eigenvalue weighted by molar-refractivity contribution is 0.0734. The van der Waals surface area contributed by atoms with Crippen LogP contribution in [-0.4, -0.2) is 31.8 Å². The Morgan fingerprint density at radius 2 is 1.41 bits per heavy atom. The van der Waals surface area contributed by atoms with Crippen LogP contribution in [-0.2, 0) is 16.6 Å². The van der Waals surface area contributed by atoms with E-state index in [4.69, 9.17) is 9.47 Å². The van der Waals surface area contributed by atoms with Gasteiger partial charge in [0.15, 0.2) is 0 Å². The molecule has 166 valence electrons. The number of benzene rings is 3. The van der Waals surface area contributed by atoms with Gasteiger partial charge in [-0.25, -0.2) is 13.2 Å². The molecule has 0 amide bonds. The highest BCUT2D eigenvalue weighted by Crippen LogP contribution is 2.22. The van der Waals surface area contributed by atoms with Gasteiger partial charge in [-0.05, 0) is 66.9 Å². The zero-order valence-corrected chi connectivity index (χ0v) is 18.5. The largest absolute Gasteiger partial charge is 0.489 e. The van der Waals surface area contributed by atoms with Crippen molar-refractivity contribution in [1.82, 2.24) is 4.31 Å². The molecule has 6 nitrogen and oxygen atoms in total. The number of nitrogens with zero attached hydrogens (tertiary/aromatic N) is 1. The average Bonchev–Trinajstić information content (AvgIpc) is 2.85. The van der Waals surface area contributed by atoms with Gasteiger partial charge < -0.3 is 9.47 Å². The van der Waals surface area contributed by atoms with Gasteiger partial charge in [-0.15, -0.1) is 0 Å². The number of hydrogen-bond acceptors (Lipinski definition) is 5. The van der Waals surface area contributed by atoms with E-state index in [1.807, 2.05) is 30.3 Å². The van der Waals surface area contributed by atoms with E-state index in [1.165, 1.54) is 28.6 Å².